The highest BCUT2D eigenvalue weighted by atomic mass is 19.1. The average molecular weight is 456 g/mol. The maximum absolute atomic E-state index is 14.4. The SMILES string of the molecule is Cc1c(N2CCNCC2)c(=O)n(C[C@H](N)c2ccccc2)c(=O)n1Cc1c(F)cccc1F. The summed E-state index contributed by atoms with van der Waals surface area (Å²) >= 11 is 0. The van der Waals surface area contributed by atoms with E-state index in [4.69, 9.17) is 5.73 Å². The summed E-state index contributed by atoms with van der Waals surface area (Å²) in [6, 6.07) is 12.1. The lowest BCUT2D eigenvalue weighted by Crippen LogP contribution is -2.50. The van der Waals surface area contributed by atoms with Crippen LogP contribution in [0.1, 0.15) is 22.9 Å². The Labute approximate surface area is 190 Å². The van der Waals surface area contributed by atoms with Gasteiger partial charge in [0.25, 0.3) is 5.56 Å². The number of nitrogens with one attached hydrogen (secondary N) is 1. The van der Waals surface area contributed by atoms with E-state index < -0.39 is 28.9 Å². The first-order valence-electron chi connectivity index (χ1n) is 10.9. The molecular weight excluding hydrogens is 428 g/mol. The van der Waals surface area contributed by atoms with Crippen LogP contribution in [0.2, 0.25) is 0 Å². The molecule has 0 saturated carbocycles. The van der Waals surface area contributed by atoms with Crippen molar-refractivity contribution < 1.29 is 8.78 Å². The molecule has 4 rings (SSSR count). The summed E-state index contributed by atoms with van der Waals surface area (Å²) in [5, 5.41) is 3.23. The molecule has 3 aromatic rings. The Balaban J connectivity index is 1.85. The molecule has 0 radical (unpaired) electrons. The second-order valence-corrected chi connectivity index (χ2v) is 8.17. The minimum Gasteiger partial charge on any atom is -0.363 e. The largest absolute Gasteiger partial charge is 0.363 e. The lowest BCUT2D eigenvalue weighted by atomic mass is 10.1. The van der Waals surface area contributed by atoms with Gasteiger partial charge in [0.1, 0.15) is 17.3 Å². The Bertz CT molecular complexity index is 1230. The van der Waals surface area contributed by atoms with E-state index in [1.165, 1.54) is 10.6 Å². The van der Waals surface area contributed by atoms with E-state index in [1.807, 2.05) is 35.2 Å². The Hall–Kier alpha value is -3.30. The van der Waals surface area contributed by atoms with Crippen molar-refractivity contribution in [2.75, 3.05) is 31.1 Å². The third-order valence-electron chi connectivity index (χ3n) is 6.08. The third-order valence-corrected chi connectivity index (χ3v) is 6.08. The van der Waals surface area contributed by atoms with Crippen molar-refractivity contribution in [2.24, 2.45) is 5.73 Å². The first-order valence-corrected chi connectivity index (χ1v) is 10.9. The van der Waals surface area contributed by atoms with E-state index in [0.29, 0.717) is 37.6 Å². The van der Waals surface area contributed by atoms with Gasteiger partial charge in [0.2, 0.25) is 0 Å². The highest BCUT2D eigenvalue weighted by Crippen LogP contribution is 2.19. The molecule has 33 heavy (non-hydrogen) atoms. The number of anilines is 1. The van der Waals surface area contributed by atoms with Crippen LogP contribution in [0.4, 0.5) is 14.5 Å². The highest BCUT2D eigenvalue weighted by molar-refractivity contribution is 5.49. The molecule has 1 atom stereocenters. The zero-order valence-electron chi connectivity index (χ0n) is 18.4. The summed E-state index contributed by atoms with van der Waals surface area (Å²) in [4.78, 5) is 28.8. The number of nitrogens with two attached hydrogens (primary N) is 1. The first-order chi connectivity index (χ1) is 15.9. The summed E-state index contributed by atoms with van der Waals surface area (Å²) in [6.07, 6.45) is 0. The van der Waals surface area contributed by atoms with Crippen LogP contribution in [0.3, 0.4) is 0 Å². The van der Waals surface area contributed by atoms with Gasteiger partial charge in [0, 0.05) is 43.5 Å². The minimum atomic E-state index is -0.747. The van der Waals surface area contributed by atoms with E-state index in [2.05, 4.69) is 5.32 Å². The van der Waals surface area contributed by atoms with E-state index in [9.17, 15) is 18.4 Å². The predicted molar refractivity (Wildman–Crippen MR) is 124 cm³/mol. The molecule has 2 aromatic carbocycles. The van der Waals surface area contributed by atoms with Gasteiger partial charge in [-0.05, 0) is 24.6 Å². The number of halogens is 2. The summed E-state index contributed by atoms with van der Waals surface area (Å²) in [5.41, 5.74) is 6.51. The molecule has 1 aliphatic rings. The summed E-state index contributed by atoms with van der Waals surface area (Å²) in [5.74, 6) is -1.49. The van der Waals surface area contributed by atoms with Gasteiger partial charge in [0.15, 0.2) is 0 Å². The molecular formula is C24H27F2N5O2. The quantitative estimate of drug-likeness (QED) is 0.592. The second kappa shape index (κ2) is 9.68. The molecule has 174 valence electrons. The number of piperazine rings is 1. The van der Waals surface area contributed by atoms with Gasteiger partial charge in [-0.1, -0.05) is 36.4 Å². The van der Waals surface area contributed by atoms with Crippen molar-refractivity contribution in [1.82, 2.24) is 14.5 Å². The Kier molecular flexibility index (Phi) is 6.71. The Morgan fingerprint density at radius 1 is 0.970 bits per heavy atom. The Morgan fingerprint density at radius 2 is 1.61 bits per heavy atom. The topological polar surface area (TPSA) is 85.3 Å². The van der Waals surface area contributed by atoms with E-state index in [1.54, 1.807) is 6.92 Å². The maximum atomic E-state index is 14.4. The zero-order chi connectivity index (χ0) is 23.5. The van der Waals surface area contributed by atoms with Crippen molar-refractivity contribution in [3.8, 4) is 0 Å². The van der Waals surface area contributed by atoms with E-state index in [0.717, 1.165) is 22.3 Å². The molecule has 0 amide bonds. The van der Waals surface area contributed by atoms with Crippen LogP contribution in [0.25, 0.3) is 0 Å². The fourth-order valence-electron chi connectivity index (χ4n) is 4.23. The van der Waals surface area contributed by atoms with Gasteiger partial charge in [0.05, 0.1) is 13.1 Å². The predicted octanol–water partition coefficient (Wildman–Crippen LogP) is 1.75. The molecule has 7 nitrogen and oxygen atoms in total. The molecule has 0 spiro atoms. The van der Waals surface area contributed by atoms with Crippen LogP contribution in [-0.2, 0) is 13.1 Å². The van der Waals surface area contributed by atoms with Crippen LogP contribution >= 0.6 is 0 Å². The molecule has 9 heteroatoms. The standard InChI is InChI=1S/C24H27F2N5O2/c1-16-22(29-12-10-28-11-13-29)23(32)31(15-21(27)17-6-3-2-4-7-17)24(33)30(16)14-18-19(25)8-5-9-20(18)26/h2-9,21,28H,10-15,27H2,1H3/t21-/m0/s1. The average Bonchev–Trinajstić information content (AvgIpc) is 2.82. The number of hydrogen-bond acceptors (Lipinski definition) is 5. The van der Waals surface area contributed by atoms with E-state index in [-0.39, 0.29) is 18.7 Å². The highest BCUT2D eigenvalue weighted by Gasteiger charge is 2.24. The Morgan fingerprint density at radius 3 is 2.24 bits per heavy atom. The fraction of sp³-hybridized carbons (Fsp3) is 0.333. The number of nitrogens with zero attached hydrogens (tertiary/aromatic N) is 3. The lowest BCUT2D eigenvalue weighted by molar-refractivity contribution is 0.487. The number of benzene rings is 2. The van der Waals surface area contributed by atoms with Gasteiger partial charge < -0.3 is 16.0 Å². The smallest absolute Gasteiger partial charge is 0.331 e. The van der Waals surface area contributed by atoms with Crippen LogP contribution in [0, 0.1) is 18.6 Å². The molecule has 0 unspecified atom stereocenters. The number of aromatic nitrogens is 2. The minimum absolute atomic E-state index is 0.0548. The number of rotatable bonds is 6. The molecule has 0 aliphatic carbocycles. The van der Waals surface area contributed by atoms with Gasteiger partial charge in [-0.3, -0.25) is 13.9 Å². The van der Waals surface area contributed by atoms with Gasteiger partial charge in [-0.25, -0.2) is 13.6 Å². The van der Waals surface area contributed by atoms with Crippen molar-refractivity contribution in [2.45, 2.75) is 26.1 Å². The fourth-order valence-corrected chi connectivity index (χ4v) is 4.23. The zero-order valence-corrected chi connectivity index (χ0v) is 18.4. The third kappa shape index (κ3) is 4.60. The molecule has 0 bridgehead atoms. The van der Waals surface area contributed by atoms with Gasteiger partial charge in [-0.2, -0.15) is 0 Å². The summed E-state index contributed by atoms with van der Waals surface area (Å²) in [7, 11) is 0. The van der Waals surface area contributed by atoms with Crippen LogP contribution in [0.15, 0.2) is 58.1 Å². The van der Waals surface area contributed by atoms with Crippen LogP contribution in [-0.4, -0.2) is 35.3 Å². The van der Waals surface area contributed by atoms with Crippen molar-refractivity contribution in [3.63, 3.8) is 0 Å². The molecule has 2 heterocycles. The summed E-state index contributed by atoms with van der Waals surface area (Å²) < 4.78 is 31.2. The van der Waals surface area contributed by atoms with Crippen LogP contribution < -0.4 is 27.2 Å². The van der Waals surface area contributed by atoms with Crippen LogP contribution in [0.5, 0.6) is 0 Å². The van der Waals surface area contributed by atoms with E-state index >= 15 is 0 Å². The van der Waals surface area contributed by atoms with Crippen molar-refractivity contribution in [3.05, 3.63) is 97.8 Å². The van der Waals surface area contributed by atoms with Gasteiger partial charge >= 0.3 is 5.69 Å². The van der Waals surface area contributed by atoms with Crippen molar-refractivity contribution >= 4 is 5.69 Å². The van der Waals surface area contributed by atoms with Crippen molar-refractivity contribution in [1.29, 1.82) is 0 Å². The number of hydrogen-bond donors (Lipinski definition) is 2. The first kappa shape index (κ1) is 22.9. The second-order valence-electron chi connectivity index (χ2n) is 8.17. The maximum Gasteiger partial charge on any atom is 0.331 e. The molecule has 1 aliphatic heterocycles. The molecule has 1 aromatic heterocycles. The monoisotopic (exact) mass is 455 g/mol. The lowest BCUT2D eigenvalue weighted by Gasteiger charge is -2.31. The normalized spacial score (nSPS) is 15.0. The molecule has 1 saturated heterocycles. The molecule has 3 N–H and O–H groups in total. The summed E-state index contributed by atoms with van der Waals surface area (Å²) in [6.45, 7) is 3.78. The molecule has 1 fully saturated rings. The van der Waals surface area contributed by atoms with Gasteiger partial charge in [-0.15, -0.1) is 0 Å².